The molecule has 3 N–H and O–H groups in total. The number of hydrogen-bond donors (Lipinski definition) is 2. The van der Waals surface area contributed by atoms with Crippen LogP contribution in [0.15, 0.2) is 18.5 Å². The second-order valence-electron chi connectivity index (χ2n) is 2.94. The van der Waals surface area contributed by atoms with Crippen LogP contribution in [0.5, 0.6) is 0 Å². The smallest absolute Gasteiger partial charge is 0.251 e. The van der Waals surface area contributed by atoms with Gasteiger partial charge in [0.1, 0.15) is 4.21 Å². The monoisotopic (exact) mass is 376 g/mol. The highest BCUT2D eigenvalue weighted by molar-refractivity contribution is 9.13. The molecule has 1 aromatic heterocycles. The van der Waals surface area contributed by atoms with Crippen molar-refractivity contribution in [1.82, 2.24) is 4.72 Å². The third-order valence-electron chi connectivity index (χ3n) is 1.61. The Bertz CT molecular complexity index is 444. The Morgan fingerprint density at radius 3 is 2.60 bits per heavy atom. The third kappa shape index (κ3) is 3.24. The zero-order valence-corrected chi connectivity index (χ0v) is 12.6. The van der Waals surface area contributed by atoms with E-state index >= 15 is 0 Å². The molecule has 86 valence electrons. The average Bonchev–Trinajstić information content (AvgIpc) is 2.47. The first-order valence-electron chi connectivity index (χ1n) is 4.03. The molecular weight excluding hydrogens is 368 g/mol. The van der Waals surface area contributed by atoms with E-state index in [0.29, 0.717) is 4.47 Å². The Morgan fingerprint density at radius 1 is 1.60 bits per heavy atom. The summed E-state index contributed by atoms with van der Waals surface area (Å²) in [5, 5.41) is 1.71. The van der Waals surface area contributed by atoms with E-state index in [-0.39, 0.29) is 16.8 Å². The first kappa shape index (κ1) is 13.6. The molecule has 0 fully saturated rings. The van der Waals surface area contributed by atoms with Crippen molar-refractivity contribution in [2.24, 2.45) is 5.73 Å². The summed E-state index contributed by atoms with van der Waals surface area (Å²) < 4.78 is 27.7. The van der Waals surface area contributed by atoms with Crippen molar-refractivity contribution in [3.8, 4) is 0 Å². The fraction of sp³-hybridized carbons (Fsp3) is 0.429. The van der Waals surface area contributed by atoms with Crippen molar-refractivity contribution in [3.63, 3.8) is 0 Å². The van der Waals surface area contributed by atoms with Crippen LogP contribution in [0.3, 0.4) is 0 Å². The Kier molecular flexibility index (Phi) is 4.75. The van der Waals surface area contributed by atoms with Crippen LogP contribution in [0.25, 0.3) is 0 Å². The summed E-state index contributed by atoms with van der Waals surface area (Å²) in [7, 11) is -3.47. The SMILES string of the molecule is C[C@H](CN)NS(=O)(=O)c1scc(Br)c1Br. The highest BCUT2D eigenvalue weighted by Crippen LogP contribution is 2.35. The lowest BCUT2D eigenvalue weighted by molar-refractivity contribution is 0.564. The molecule has 0 saturated heterocycles. The van der Waals surface area contributed by atoms with Gasteiger partial charge in [-0.3, -0.25) is 0 Å². The molecule has 1 rings (SSSR count). The fourth-order valence-corrected chi connectivity index (χ4v) is 5.20. The molecular formula is C7H10Br2N2O2S2. The van der Waals surface area contributed by atoms with Gasteiger partial charge in [-0.15, -0.1) is 11.3 Å². The lowest BCUT2D eigenvalue weighted by atomic mass is 10.4. The summed E-state index contributed by atoms with van der Waals surface area (Å²) in [6.07, 6.45) is 0. The maximum absolute atomic E-state index is 11.8. The van der Waals surface area contributed by atoms with E-state index in [1.165, 1.54) is 0 Å². The van der Waals surface area contributed by atoms with E-state index in [9.17, 15) is 8.42 Å². The minimum absolute atomic E-state index is 0.259. The number of sulfonamides is 1. The maximum atomic E-state index is 11.8. The average molecular weight is 378 g/mol. The number of halogens is 2. The fourth-order valence-electron chi connectivity index (χ4n) is 0.854. The van der Waals surface area contributed by atoms with E-state index in [1.54, 1.807) is 12.3 Å². The zero-order chi connectivity index (χ0) is 11.6. The van der Waals surface area contributed by atoms with Crippen LogP contribution in [0.4, 0.5) is 0 Å². The summed E-state index contributed by atoms with van der Waals surface area (Å²) in [5.41, 5.74) is 5.36. The Labute approximate surface area is 110 Å². The molecule has 0 aliphatic carbocycles. The van der Waals surface area contributed by atoms with Gasteiger partial charge in [0.2, 0.25) is 0 Å². The van der Waals surface area contributed by atoms with Crippen molar-refractivity contribution >= 4 is 53.2 Å². The quantitative estimate of drug-likeness (QED) is 0.841. The predicted molar refractivity (Wildman–Crippen MR) is 68.6 cm³/mol. The van der Waals surface area contributed by atoms with Crippen LogP contribution < -0.4 is 10.5 Å². The van der Waals surface area contributed by atoms with E-state index < -0.39 is 10.0 Å². The summed E-state index contributed by atoms with van der Waals surface area (Å²) in [6.45, 7) is 1.98. The highest BCUT2D eigenvalue weighted by Gasteiger charge is 2.22. The second-order valence-corrected chi connectivity index (χ2v) is 7.38. The number of nitrogens with one attached hydrogen (secondary N) is 1. The van der Waals surface area contributed by atoms with Gasteiger partial charge in [0.25, 0.3) is 10.0 Å². The van der Waals surface area contributed by atoms with Crippen LogP contribution in [0.1, 0.15) is 6.92 Å². The van der Waals surface area contributed by atoms with Crippen molar-refractivity contribution in [1.29, 1.82) is 0 Å². The van der Waals surface area contributed by atoms with Gasteiger partial charge in [-0.05, 0) is 38.8 Å². The third-order valence-corrected chi connectivity index (χ3v) is 7.55. The standard InChI is InChI=1S/C7H10Br2N2O2S2/c1-4(2-10)11-15(12,13)7-6(9)5(8)3-14-7/h3-4,11H,2,10H2,1H3/t4-/m1/s1. The van der Waals surface area contributed by atoms with Crippen molar-refractivity contribution in [2.45, 2.75) is 17.2 Å². The maximum Gasteiger partial charge on any atom is 0.251 e. The number of hydrogen-bond acceptors (Lipinski definition) is 4. The lowest BCUT2D eigenvalue weighted by Crippen LogP contribution is -2.37. The van der Waals surface area contributed by atoms with Crippen LogP contribution in [-0.4, -0.2) is 21.0 Å². The van der Waals surface area contributed by atoms with Crippen molar-refractivity contribution < 1.29 is 8.42 Å². The molecule has 0 spiro atoms. The van der Waals surface area contributed by atoms with Gasteiger partial charge >= 0.3 is 0 Å². The Morgan fingerprint density at radius 2 is 2.20 bits per heavy atom. The van der Waals surface area contributed by atoms with Gasteiger partial charge in [0, 0.05) is 22.4 Å². The van der Waals surface area contributed by atoms with Gasteiger partial charge in [-0.1, -0.05) is 0 Å². The van der Waals surface area contributed by atoms with Gasteiger partial charge in [0.05, 0.1) is 4.47 Å². The largest absolute Gasteiger partial charge is 0.329 e. The van der Waals surface area contributed by atoms with Crippen molar-refractivity contribution in [2.75, 3.05) is 6.54 Å². The minimum atomic E-state index is -3.47. The number of thiophene rings is 1. The Hall–Kier alpha value is 0.530. The lowest BCUT2D eigenvalue weighted by Gasteiger charge is -2.10. The first-order chi connectivity index (χ1) is 6.88. The summed E-state index contributed by atoms with van der Waals surface area (Å²) in [5.74, 6) is 0. The molecule has 1 heterocycles. The van der Waals surface area contributed by atoms with Crippen LogP contribution in [0, 0.1) is 0 Å². The van der Waals surface area contributed by atoms with Gasteiger partial charge < -0.3 is 5.73 Å². The van der Waals surface area contributed by atoms with Crippen LogP contribution >= 0.6 is 43.2 Å². The molecule has 0 amide bonds. The molecule has 1 atom stereocenters. The molecule has 0 saturated carbocycles. The van der Waals surface area contributed by atoms with E-state index in [0.717, 1.165) is 15.8 Å². The first-order valence-corrected chi connectivity index (χ1v) is 7.98. The molecule has 15 heavy (non-hydrogen) atoms. The second kappa shape index (κ2) is 5.24. The van der Waals surface area contributed by atoms with E-state index in [2.05, 4.69) is 36.6 Å². The molecule has 0 aliphatic rings. The molecule has 0 aliphatic heterocycles. The topological polar surface area (TPSA) is 72.2 Å². The predicted octanol–water partition coefficient (Wildman–Crippen LogP) is 1.90. The summed E-state index contributed by atoms with van der Waals surface area (Å²) in [4.78, 5) is 0. The van der Waals surface area contributed by atoms with Crippen LogP contribution in [0.2, 0.25) is 0 Å². The minimum Gasteiger partial charge on any atom is -0.329 e. The molecule has 8 heteroatoms. The molecule has 0 unspecified atom stereocenters. The van der Waals surface area contributed by atoms with Crippen LogP contribution in [-0.2, 0) is 10.0 Å². The van der Waals surface area contributed by atoms with E-state index in [4.69, 9.17) is 5.73 Å². The van der Waals surface area contributed by atoms with Crippen molar-refractivity contribution in [3.05, 3.63) is 14.3 Å². The summed E-state index contributed by atoms with van der Waals surface area (Å²) in [6, 6.07) is -0.275. The number of nitrogens with two attached hydrogens (primary N) is 1. The molecule has 1 aromatic rings. The number of rotatable bonds is 4. The highest BCUT2D eigenvalue weighted by atomic mass is 79.9. The van der Waals surface area contributed by atoms with Gasteiger partial charge in [-0.25, -0.2) is 13.1 Å². The molecule has 0 aromatic carbocycles. The molecule has 0 bridgehead atoms. The molecule has 4 nitrogen and oxygen atoms in total. The zero-order valence-electron chi connectivity index (χ0n) is 7.83. The normalized spacial score (nSPS) is 14.1. The molecule has 0 radical (unpaired) electrons. The van der Waals surface area contributed by atoms with Gasteiger partial charge in [-0.2, -0.15) is 0 Å². The summed E-state index contributed by atoms with van der Waals surface area (Å²) >= 11 is 7.60. The van der Waals surface area contributed by atoms with Gasteiger partial charge in [0.15, 0.2) is 0 Å². The van der Waals surface area contributed by atoms with E-state index in [1.807, 2.05) is 0 Å². The Balaban J connectivity index is 3.02.